The highest BCUT2D eigenvalue weighted by molar-refractivity contribution is 5.43. The number of alkyl halides is 3. The highest BCUT2D eigenvalue weighted by Crippen LogP contribution is 2.35. The lowest BCUT2D eigenvalue weighted by atomic mass is 9.87. The lowest BCUT2D eigenvalue weighted by Crippen LogP contribution is -2.39. The fraction of sp³-hybridized carbons (Fsp3) is 0.529. The second kappa shape index (κ2) is 7.03. The van der Waals surface area contributed by atoms with Crippen molar-refractivity contribution in [3.63, 3.8) is 0 Å². The predicted octanol–water partition coefficient (Wildman–Crippen LogP) is 3.33. The SMILES string of the molecule is CN1CCC[C@@H](CNc2ccnc(C(F)(F)F)c2)[C@@H]1c1cncn1C. The zero-order valence-electron chi connectivity index (χ0n) is 14.3. The lowest BCUT2D eigenvalue weighted by molar-refractivity contribution is -0.141. The molecular weight excluding hydrogens is 331 g/mol. The lowest BCUT2D eigenvalue weighted by Gasteiger charge is -2.39. The van der Waals surface area contributed by atoms with Gasteiger partial charge in [0, 0.05) is 31.7 Å². The number of imidazole rings is 1. The van der Waals surface area contributed by atoms with Crippen LogP contribution in [0.15, 0.2) is 30.9 Å². The van der Waals surface area contributed by atoms with Crippen LogP contribution in [0.1, 0.15) is 30.3 Å². The maximum absolute atomic E-state index is 12.8. The third-order valence-corrected chi connectivity index (χ3v) is 4.78. The molecule has 2 aromatic heterocycles. The van der Waals surface area contributed by atoms with E-state index in [1.807, 2.05) is 17.8 Å². The molecule has 136 valence electrons. The maximum Gasteiger partial charge on any atom is 0.433 e. The van der Waals surface area contributed by atoms with Crippen molar-refractivity contribution in [3.05, 3.63) is 42.2 Å². The van der Waals surface area contributed by atoms with Gasteiger partial charge in [-0.1, -0.05) is 0 Å². The Bertz CT molecular complexity index is 712. The number of halogens is 3. The van der Waals surface area contributed by atoms with Gasteiger partial charge >= 0.3 is 6.18 Å². The number of hydrogen-bond donors (Lipinski definition) is 1. The minimum atomic E-state index is -4.43. The van der Waals surface area contributed by atoms with Gasteiger partial charge in [0.2, 0.25) is 0 Å². The van der Waals surface area contributed by atoms with Gasteiger partial charge in [-0.2, -0.15) is 13.2 Å². The molecular formula is C17H22F3N5. The normalized spacial score (nSPS) is 22.1. The Morgan fingerprint density at radius 2 is 2.12 bits per heavy atom. The van der Waals surface area contributed by atoms with Crippen molar-refractivity contribution in [3.8, 4) is 0 Å². The van der Waals surface area contributed by atoms with Gasteiger partial charge in [-0.3, -0.25) is 9.88 Å². The van der Waals surface area contributed by atoms with E-state index in [0.29, 0.717) is 12.2 Å². The highest BCUT2D eigenvalue weighted by atomic mass is 19.4. The van der Waals surface area contributed by atoms with Crippen molar-refractivity contribution >= 4 is 5.69 Å². The Labute approximate surface area is 144 Å². The average molecular weight is 353 g/mol. The molecule has 0 unspecified atom stereocenters. The molecule has 0 radical (unpaired) electrons. The first-order valence-electron chi connectivity index (χ1n) is 8.30. The summed E-state index contributed by atoms with van der Waals surface area (Å²) in [6, 6.07) is 2.82. The van der Waals surface area contributed by atoms with Crippen LogP contribution in [0.25, 0.3) is 0 Å². The topological polar surface area (TPSA) is 46.0 Å². The van der Waals surface area contributed by atoms with Crippen LogP contribution in [0.2, 0.25) is 0 Å². The minimum Gasteiger partial charge on any atom is -0.385 e. The highest BCUT2D eigenvalue weighted by Gasteiger charge is 2.34. The van der Waals surface area contributed by atoms with Gasteiger partial charge in [-0.15, -0.1) is 0 Å². The van der Waals surface area contributed by atoms with Crippen LogP contribution in [-0.4, -0.2) is 39.6 Å². The Morgan fingerprint density at radius 3 is 2.80 bits per heavy atom. The number of nitrogens with zero attached hydrogens (tertiary/aromatic N) is 4. The van der Waals surface area contributed by atoms with Crippen molar-refractivity contribution in [2.75, 3.05) is 25.5 Å². The van der Waals surface area contributed by atoms with E-state index >= 15 is 0 Å². The molecule has 1 saturated heterocycles. The molecule has 2 atom stereocenters. The summed E-state index contributed by atoms with van der Waals surface area (Å²) in [5.74, 6) is 0.289. The van der Waals surface area contributed by atoms with Gasteiger partial charge in [-0.25, -0.2) is 4.98 Å². The minimum absolute atomic E-state index is 0.192. The smallest absolute Gasteiger partial charge is 0.385 e. The van der Waals surface area contributed by atoms with Crippen LogP contribution in [0.5, 0.6) is 0 Å². The standard InChI is InChI=1S/C17H22F3N5/c1-24-7-3-4-12(16(24)14-10-21-11-25(14)2)9-23-13-5-6-22-15(8-13)17(18,19)20/h5-6,8,10-12,16H,3-4,7,9H2,1-2H3,(H,22,23)/t12-,16+/m0/s1. The fourth-order valence-electron chi connectivity index (χ4n) is 3.54. The molecule has 0 saturated carbocycles. The van der Waals surface area contributed by atoms with Crippen molar-refractivity contribution in [2.24, 2.45) is 13.0 Å². The largest absolute Gasteiger partial charge is 0.433 e. The number of aryl methyl sites for hydroxylation is 1. The summed E-state index contributed by atoms with van der Waals surface area (Å²) in [6.45, 7) is 1.60. The van der Waals surface area contributed by atoms with E-state index in [1.54, 1.807) is 12.4 Å². The summed E-state index contributed by atoms with van der Waals surface area (Å²) in [6.07, 6.45) is 2.50. The number of aromatic nitrogens is 3. The molecule has 0 bridgehead atoms. The van der Waals surface area contributed by atoms with Crippen LogP contribution in [0, 0.1) is 5.92 Å². The quantitative estimate of drug-likeness (QED) is 0.916. The van der Waals surface area contributed by atoms with E-state index in [9.17, 15) is 13.2 Å². The molecule has 1 aliphatic heterocycles. The number of pyridine rings is 1. The van der Waals surface area contributed by atoms with E-state index in [1.165, 1.54) is 6.20 Å². The molecule has 0 aliphatic carbocycles. The molecule has 1 aliphatic rings. The summed E-state index contributed by atoms with van der Waals surface area (Å²) in [5.41, 5.74) is 0.695. The molecule has 25 heavy (non-hydrogen) atoms. The number of piperidine rings is 1. The molecule has 2 aromatic rings. The average Bonchev–Trinajstić information content (AvgIpc) is 2.98. The molecule has 0 aromatic carbocycles. The number of rotatable bonds is 4. The number of hydrogen-bond acceptors (Lipinski definition) is 4. The number of anilines is 1. The summed E-state index contributed by atoms with van der Waals surface area (Å²) in [4.78, 5) is 9.90. The van der Waals surface area contributed by atoms with Crippen molar-refractivity contribution in [1.82, 2.24) is 19.4 Å². The van der Waals surface area contributed by atoms with Crippen LogP contribution >= 0.6 is 0 Å². The zero-order valence-corrected chi connectivity index (χ0v) is 14.3. The van der Waals surface area contributed by atoms with Crippen LogP contribution in [-0.2, 0) is 13.2 Å². The first-order valence-corrected chi connectivity index (χ1v) is 8.30. The van der Waals surface area contributed by atoms with Gasteiger partial charge in [-0.05, 0) is 44.5 Å². The second-order valence-electron chi connectivity index (χ2n) is 6.57. The van der Waals surface area contributed by atoms with Gasteiger partial charge in [0.15, 0.2) is 0 Å². The molecule has 0 amide bonds. The fourth-order valence-corrected chi connectivity index (χ4v) is 3.54. The van der Waals surface area contributed by atoms with Gasteiger partial charge in [0.25, 0.3) is 0 Å². The molecule has 1 N–H and O–H groups in total. The van der Waals surface area contributed by atoms with E-state index in [-0.39, 0.29) is 12.0 Å². The van der Waals surface area contributed by atoms with E-state index in [4.69, 9.17) is 0 Å². The number of likely N-dealkylation sites (tertiary alicyclic amines) is 1. The number of nitrogens with one attached hydrogen (secondary N) is 1. The van der Waals surface area contributed by atoms with Crippen LogP contribution in [0.4, 0.5) is 18.9 Å². The van der Waals surface area contributed by atoms with Gasteiger partial charge in [0.1, 0.15) is 5.69 Å². The Morgan fingerprint density at radius 1 is 1.32 bits per heavy atom. The summed E-state index contributed by atoms with van der Waals surface area (Å²) >= 11 is 0. The predicted molar refractivity (Wildman–Crippen MR) is 89.0 cm³/mol. The third-order valence-electron chi connectivity index (χ3n) is 4.78. The second-order valence-corrected chi connectivity index (χ2v) is 6.57. The van der Waals surface area contributed by atoms with E-state index in [0.717, 1.165) is 31.1 Å². The monoisotopic (exact) mass is 353 g/mol. The molecule has 0 spiro atoms. The van der Waals surface area contributed by atoms with E-state index in [2.05, 4.69) is 27.2 Å². The molecule has 5 nitrogen and oxygen atoms in total. The first-order chi connectivity index (χ1) is 11.9. The molecule has 8 heteroatoms. The summed E-state index contributed by atoms with van der Waals surface area (Å²) < 4.78 is 40.4. The Balaban J connectivity index is 1.74. The molecule has 1 fully saturated rings. The van der Waals surface area contributed by atoms with Crippen LogP contribution < -0.4 is 5.32 Å². The Kier molecular flexibility index (Phi) is 4.99. The first kappa shape index (κ1) is 17.7. The van der Waals surface area contributed by atoms with Crippen molar-refractivity contribution < 1.29 is 13.2 Å². The molecule has 3 rings (SSSR count). The van der Waals surface area contributed by atoms with Gasteiger partial charge < -0.3 is 9.88 Å². The third kappa shape index (κ3) is 3.95. The Hall–Kier alpha value is -2.09. The maximum atomic E-state index is 12.8. The zero-order chi connectivity index (χ0) is 18.0. The van der Waals surface area contributed by atoms with Crippen LogP contribution in [0.3, 0.4) is 0 Å². The molecule has 3 heterocycles. The van der Waals surface area contributed by atoms with E-state index < -0.39 is 11.9 Å². The van der Waals surface area contributed by atoms with Gasteiger partial charge in [0.05, 0.1) is 18.1 Å². The summed E-state index contributed by atoms with van der Waals surface area (Å²) in [7, 11) is 4.05. The van der Waals surface area contributed by atoms with Crippen molar-refractivity contribution in [1.29, 1.82) is 0 Å². The summed E-state index contributed by atoms with van der Waals surface area (Å²) in [5, 5.41) is 3.16. The van der Waals surface area contributed by atoms with Crippen molar-refractivity contribution in [2.45, 2.75) is 25.1 Å².